The van der Waals surface area contributed by atoms with Crippen molar-refractivity contribution in [2.24, 2.45) is 0 Å². The summed E-state index contributed by atoms with van der Waals surface area (Å²) in [5, 5.41) is 0. The van der Waals surface area contributed by atoms with Crippen molar-refractivity contribution in [2.75, 3.05) is 0 Å². The number of benzene rings is 2. The fourth-order valence-corrected chi connectivity index (χ4v) is 3.63. The highest BCUT2D eigenvalue weighted by molar-refractivity contribution is 7.73. The van der Waals surface area contributed by atoms with Crippen LogP contribution in [-0.4, -0.2) is 4.57 Å². The molecule has 0 unspecified atom stereocenters. The predicted molar refractivity (Wildman–Crippen MR) is 95.0 cm³/mol. The van der Waals surface area contributed by atoms with Crippen LogP contribution in [0.1, 0.15) is 5.56 Å². The van der Waals surface area contributed by atoms with Crippen LogP contribution in [0.3, 0.4) is 0 Å². The van der Waals surface area contributed by atoms with Crippen LogP contribution in [0, 0.1) is 3.95 Å². The summed E-state index contributed by atoms with van der Waals surface area (Å²) in [5.74, 6) is 0. The zero-order chi connectivity index (χ0) is 15.4. The number of aryl methyl sites for hydroxylation is 1. The maximum atomic E-state index is 12.4. The second kappa shape index (κ2) is 6.81. The summed E-state index contributed by atoms with van der Waals surface area (Å²) in [6.45, 7) is 0.618. The minimum atomic E-state index is -0.0291. The number of rotatable bonds is 4. The first-order valence-corrected chi connectivity index (χ1v) is 8.31. The van der Waals surface area contributed by atoms with E-state index in [1.807, 2.05) is 48.5 Å². The third kappa shape index (κ3) is 3.40. The second-order valence-electron chi connectivity index (χ2n) is 4.97. The van der Waals surface area contributed by atoms with Gasteiger partial charge in [0.25, 0.3) is 5.56 Å². The highest BCUT2D eigenvalue weighted by Crippen LogP contribution is 2.22. The molecule has 3 rings (SSSR count). The molecule has 0 saturated heterocycles. The monoisotopic (exact) mass is 325 g/mol. The minimum absolute atomic E-state index is 0.0291. The fourth-order valence-electron chi connectivity index (χ4n) is 2.29. The molecule has 0 N–H and O–H groups in total. The van der Waals surface area contributed by atoms with Crippen LogP contribution in [0.2, 0.25) is 0 Å². The molecule has 110 valence electrons. The molecule has 0 amide bonds. The molecule has 0 aliphatic heterocycles. The van der Waals surface area contributed by atoms with Gasteiger partial charge >= 0.3 is 0 Å². The molecule has 0 aliphatic carbocycles. The second-order valence-corrected chi connectivity index (χ2v) is 6.64. The van der Waals surface area contributed by atoms with E-state index in [1.165, 1.54) is 16.9 Å². The Hall–Kier alpha value is -2.04. The first-order valence-electron chi connectivity index (χ1n) is 7.08. The number of aromatic nitrogens is 1. The Morgan fingerprint density at radius 2 is 1.59 bits per heavy atom. The first-order chi connectivity index (χ1) is 10.7. The quantitative estimate of drug-likeness (QED) is 0.657. The number of hydrogen-bond acceptors (Lipinski definition) is 3. The lowest BCUT2D eigenvalue weighted by atomic mass is 10.1. The van der Waals surface area contributed by atoms with E-state index in [4.69, 9.17) is 12.2 Å². The van der Waals surface area contributed by atoms with Crippen LogP contribution >= 0.6 is 23.6 Å². The Labute approximate surface area is 138 Å². The van der Waals surface area contributed by atoms with Gasteiger partial charge in [0.05, 0.1) is 0 Å². The van der Waals surface area contributed by atoms with E-state index >= 15 is 0 Å². The average molecular weight is 325 g/mol. The summed E-state index contributed by atoms with van der Waals surface area (Å²) in [6.07, 6.45) is 0.807. The molecule has 0 bridgehead atoms. The molecule has 0 atom stereocenters. The van der Waals surface area contributed by atoms with Crippen molar-refractivity contribution in [3.63, 3.8) is 0 Å². The van der Waals surface area contributed by atoms with Crippen molar-refractivity contribution < 1.29 is 0 Å². The van der Waals surface area contributed by atoms with E-state index in [-0.39, 0.29) is 5.56 Å². The molecule has 0 saturated carbocycles. The molecule has 0 aliphatic rings. The zero-order valence-corrected chi connectivity index (χ0v) is 13.6. The highest BCUT2D eigenvalue weighted by Gasteiger charge is 2.05. The van der Waals surface area contributed by atoms with E-state index < -0.39 is 0 Å². The van der Waals surface area contributed by atoms with Gasteiger partial charge in [-0.3, -0.25) is 9.36 Å². The van der Waals surface area contributed by atoms with Gasteiger partial charge in [-0.05, 0) is 29.8 Å². The molecule has 4 heteroatoms. The molecule has 0 fully saturated rings. The maximum absolute atomic E-state index is 12.4. The van der Waals surface area contributed by atoms with Gasteiger partial charge < -0.3 is 0 Å². The van der Waals surface area contributed by atoms with E-state index in [2.05, 4.69) is 12.1 Å². The van der Waals surface area contributed by atoms with Gasteiger partial charge in [0.1, 0.15) is 0 Å². The smallest absolute Gasteiger partial charge is 0.253 e. The highest BCUT2D eigenvalue weighted by atomic mass is 32.1. The van der Waals surface area contributed by atoms with Crippen LogP contribution in [0.5, 0.6) is 0 Å². The van der Waals surface area contributed by atoms with Gasteiger partial charge in [-0.2, -0.15) is 0 Å². The van der Waals surface area contributed by atoms with Crippen molar-refractivity contribution >= 4 is 23.6 Å². The van der Waals surface area contributed by atoms with Crippen molar-refractivity contribution in [3.8, 4) is 10.4 Å². The van der Waals surface area contributed by atoms with Crippen molar-refractivity contribution in [3.05, 3.63) is 86.6 Å². The topological polar surface area (TPSA) is 22.0 Å². The largest absolute Gasteiger partial charge is 0.291 e. The zero-order valence-electron chi connectivity index (χ0n) is 11.9. The fraction of sp³-hybridized carbons (Fsp3) is 0.111. The Morgan fingerprint density at radius 1 is 0.955 bits per heavy atom. The van der Waals surface area contributed by atoms with Crippen LogP contribution in [0.4, 0.5) is 0 Å². The molecular weight excluding hydrogens is 310 g/mol. The van der Waals surface area contributed by atoms with Crippen molar-refractivity contribution in [2.45, 2.75) is 13.0 Å². The van der Waals surface area contributed by atoms with Gasteiger partial charge in [-0.25, -0.2) is 0 Å². The minimum Gasteiger partial charge on any atom is -0.291 e. The summed E-state index contributed by atoms with van der Waals surface area (Å²) in [7, 11) is 0. The van der Waals surface area contributed by atoms with Crippen LogP contribution < -0.4 is 5.56 Å². The lowest BCUT2D eigenvalue weighted by molar-refractivity contribution is 0.671. The van der Waals surface area contributed by atoms with Gasteiger partial charge in [0.2, 0.25) is 0 Å². The Kier molecular flexibility index (Phi) is 4.61. The Bertz CT molecular complexity index is 836. The predicted octanol–water partition coefficient (Wildman–Crippen LogP) is 4.55. The van der Waals surface area contributed by atoms with Crippen molar-refractivity contribution in [1.82, 2.24) is 4.57 Å². The van der Waals surface area contributed by atoms with Crippen LogP contribution in [0.25, 0.3) is 10.4 Å². The molecule has 1 aromatic heterocycles. The van der Waals surface area contributed by atoms with E-state index in [1.54, 1.807) is 10.6 Å². The molecule has 2 aromatic carbocycles. The number of nitrogens with zero attached hydrogens (tertiary/aromatic N) is 1. The van der Waals surface area contributed by atoms with E-state index in [0.717, 1.165) is 16.9 Å². The van der Waals surface area contributed by atoms with Gasteiger partial charge in [-0.1, -0.05) is 60.7 Å². The summed E-state index contributed by atoms with van der Waals surface area (Å²) in [5.41, 5.74) is 2.21. The molecular formula is C18H15NOS2. The SMILES string of the molecule is O=c1cc(-c2ccccc2)sc(=S)n1CCc1ccccc1. The summed E-state index contributed by atoms with van der Waals surface area (Å²) in [6, 6.07) is 21.7. The first kappa shape index (κ1) is 14.9. The standard InChI is InChI=1S/C18H15NOS2/c20-17-13-16(15-9-5-2-6-10-15)22-18(21)19(17)12-11-14-7-3-1-4-8-14/h1-10,13H,11-12H2. The summed E-state index contributed by atoms with van der Waals surface area (Å²) < 4.78 is 2.31. The third-order valence-electron chi connectivity index (χ3n) is 3.46. The Balaban J connectivity index is 1.88. The van der Waals surface area contributed by atoms with Crippen LogP contribution in [0.15, 0.2) is 71.5 Å². The maximum Gasteiger partial charge on any atom is 0.253 e. The number of hydrogen-bond donors (Lipinski definition) is 0. The third-order valence-corrected chi connectivity index (χ3v) is 4.90. The molecule has 1 heterocycles. The normalized spacial score (nSPS) is 10.5. The molecule has 0 spiro atoms. The molecule has 22 heavy (non-hydrogen) atoms. The van der Waals surface area contributed by atoms with Crippen LogP contribution in [-0.2, 0) is 13.0 Å². The van der Waals surface area contributed by atoms with E-state index in [9.17, 15) is 4.79 Å². The van der Waals surface area contributed by atoms with Gasteiger partial charge in [0, 0.05) is 17.5 Å². The summed E-state index contributed by atoms with van der Waals surface area (Å²) in [4.78, 5) is 13.3. The van der Waals surface area contributed by atoms with E-state index in [0.29, 0.717) is 10.5 Å². The molecule has 3 aromatic rings. The van der Waals surface area contributed by atoms with Gasteiger partial charge in [-0.15, -0.1) is 11.3 Å². The van der Waals surface area contributed by atoms with Crippen molar-refractivity contribution in [1.29, 1.82) is 0 Å². The summed E-state index contributed by atoms with van der Waals surface area (Å²) >= 11 is 6.91. The Morgan fingerprint density at radius 3 is 2.23 bits per heavy atom. The molecule has 2 nitrogen and oxygen atoms in total. The average Bonchev–Trinajstić information content (AvgIpc) is 2.56. The lowest BCUT2D eigenvalue weighted by Crippen LogP contribution is -2.20. The van der Waals surface area contributed by atoms with Gasteiger partial charge in [0.15, 0.2) is 3.95 Å². The molecule has 0 radical (unpaired) electrons. The lowest BCUT2D eigenvalue weighted by Gasteiger charge is -2.07.